The molecule has 0 saturated carbocycles. The van der Waals surface area contributed by atoms with Gasteiger partial charge >= 0.3 is 0 Å². The van der Waals surface area contributed by atoms with E-state index in [1.807, 2.05) is 55.5 Å². The highest BCUT2D eigenvalue weighted by Gasteiger charge is 2.12. The van der Waals surface area contributed by atoms with Gasteiger partial charge in [-0.3, -0.25) is 4.79 Å². The van der Waals surface area contributed by atoms with Crippen LogP contribution in [0.2, 0.25) is 0 Å². The Morgan fingerprint density at radius 2 is 1.32 bits per heavy atom. The molecule has 0 aromatic heterocycles. The van der Waals surface area contributed by atoms with Crippen LogP contribution < -0.4 is 0 Å². The molecule has 2 aromatic rings. The molecule has 0 spiro atoms. The Bertz CT molecular complexity index is 580. The summed E-state index contributed by atoms with van der Waals surface area (Å²) in [5, 5.41) is 0. The summed E-state index contributed by atoms with van der Waals surface area (Å²) in [5.74, 6) is 0.112. The monoisotopic (exact) mass is 250 g/mol. The highest BCUT2D eigenvalue weighted by molar-refractivity contribution is 6.12. The van der Waals surface area contributed by atoms with E-state index in [1.54, 1.807) is 0 Å². The van der Waals surface area contributed by atoms with Crippen LogP contribution in [0.15, 0.2) is 66.2 Å². The first-order valence-electron chi connectivity index (χ1n) is 6.59. The topological polar surface area (TPSA) is 17.1 Å². The molecule has 19 heavy (non-hydrogen) atoms. The number of carbonyl (C=O) groups excluding carboxylic acids is 1. The number of carbonyl (C=O) groups is 1. The first kappa shape index (κ1) is 13.3. The third-order valence-electron chi connectivity index (χ3n) is 3.31. The molecule has 0 atom stereocenters. The molecule has 0 radical (unpaired) electrons. The lowest BCUT2D eigenvalue weighted by molar-refractivity contribution is 0.103. The van der Waals surface area contributed by atoms with E-state index in [-0.39, 0.29) is 5.78 Å². The molecule has 1 heteroatoms. The van der Waals surface area contributed by atoms with E-state index in [0.717, 1.165) is 28.7 Å². The molecule has 1 nitrogen and oxygen atoms in total. The van der Waals surface area contributed by atoms with Crippen molar-refractivity contribution >= 4 is 11.4 Å². The fourth-order valence-electron chi connectivity index (χ4n) is 2.27. The fraction of sp³-hybridized carbons (Fsp3) is 0.167. The van der Waals surface area contributed by atoms with Crippen LogP contribution in [0, 0.1) is 0 Å². The molecular formula is C18H18O. The summed E-state index contributed by atoms with van der Waals surface area (Å²) < 4.78 is 0. The van der Waals surface area contributed by atoms with Crippen molar-refractivity contribution in [2.24, 2.45) is 0 Å². The van der Waals surface area contributed by atoms with Crippen molar-refractivity contribution < 1.29 is 4.79 Å². The number of benzene rings is 2. The Morgan fingerprint density at radius 3 is 1.79 bits per heavy atom. The van der Waals surface area contributed by atoms with Crippen molar-refractivity contribution in [2.75, 3.05) is 0 Å². The second kappa shape index (κ2) is 6.14. The SMILES string of the molecule is CC/C(=C(\C)C(=O)c1ccccc1)c1ccccc1. The molecule has 0 aliphatic rings. The molecule has 0 N–H and O–H groups in total. The molecule has 0 amide bonds. The van der Waals surface area contributed by atoms with Crippen LogP contribution >= 0.6 is 0 Å². The van der Waals surface area contributed by atoms with E-state index in [9.17, 15) is 4.79 Å². The highest BCUT2D eigenvalue weighted by Crippen LogP contribution is 2.24. The van der Waals surface area contributed by atoms with Crippen LogP contribution in [0.25, 0.3) is 5.57 Å². The standard InChI is InChI=1S/C18H18O/c1-3-17(15-10-6-4-7-11-15)14(2)18(19)16-12-8-5-9-13-16/h4-13H,3H2,1-2H3/b17-14-. The van der Waals surface area contributed by atoms with Crippen LogP contribution in [0.1, 0.15) is 36.2 Å². The van der Waals surface area contributed by atoms with Crippen molar-refractivity contribution in [1.82, 2.24) is 0 Å². The second-order valence-electron chi connectivity index (χ2n) is 4.52. The molecular weight excluding hydrogens is 232 g/mol. The zero-order valence-corrected chi connectivity index (χ0v) is 11.4. The quantitative estimate of drug-likeness (QED) is 0.565. The third kappa shape index (κ3) is 3.00. The summed E-state index contributed by atoms with van der Waals surface area (Å²) in [4.78, 5) is 12.5. The van der Waals surface area contributed by atoms with E-state index in [4.69, 9.17) is 0 Å². The minimum absolute atomic E-state index is 0.112. The van der Waals surface area contributed by atoms with Crippen LogP contribution in [0.3, 0.4) is 0 Å². The molecule has 2 aromatic carbocycles. The highest BCUT2D eigenvalue weighted by atomic mass is 16.1. The van der Waals surface area contributed by atoms with Gasteiger partial charge < -0.3 is 0 Å². The van der Waals surface area contributed by atoms with Crippen molar-refractivity contribution in [3.8, 4) is 0 Å². The van der Waals surface area contributed by atoms with Crippen LogP contribution in [-0.2, 0) is 0 Å². The number of ketones is 1. The number of Topliss-reactive ketones (excluding diaryl/α,β-unsaturated/α-hetero) is 1. The van der Waals surface area contributed by atoms with Gasteiger partial charge in [-0.1, -0.05) is 67.6 Å². The van der Waals surface area contributed by atoms with Crippen LogP contribution in [0.4, 0.5) is 0 Å². The lowest BCUT2D eigenvalue weighted by Crippen LogP contribution is -2.03. The molecule has 0 bridgehead atoms. The average Bonchev–Trinajstić information content (AvgIpc) is 2.49. The van der Waals surface area contributed by atoms with Crippen molar-refractivity contribution in [2.45, 2.75) is 20.3 Å². The van der Waals surface area contributed by atoms with Gasteiger partial charge in [0.15, 0.2) is 5.78 Å². The predicted octanol–water partition coefficient (Wildman–Crippen LogP) is 4.75. The summed E-state index contributed by atoms with van der Waals surface area (Å²) >= 11 is 0. The van der Waals surface area contributed by atoms with E-state index in [1.165, 1.54) is 0 Å². The van der Waals surface area contributed by atoms with E-state index < -0.39 is 0 Å². The summed E-state index contributed by atoms with van der Waals surface area (Å²) in [6, 6.07) is 19.6. The van der Waals surface area contributed by atoms with Gasteiger partial charge in [0, 0.05) is 11.1 Å². The Morgan fingerprint density at radius 1 is 0.842 bits per heavy atom. The molecule has 2 rings (SSSR count). The van der Waals surface area contributed by atoms with Gasteiger partial charge in [0.1, 0.15) is 0 Å². The zero-order valence-electron chi connectivity index (χ0n) is 11.4. The largest absolute Gasteiger partial charge is 0.289 e. The first-order chi connectivity index (χ1) is 9.24. The summed E-state index contributed by atoms with van der Waals surface area (Å²) in [6.45, 7) is 4.01. The van der Waals surface area contributed by atoms with Gasteiger partial charge in [-0.25, -0.2) is 0 Å². The molecule has 0 fully saturated rings. The minimum atomic E-state index is 0.112. The summed E-state index contributed by atoms with van der Waals surface area (Å²) in [7, 11) is 0. The Hall–Kier alpha value is -2.15. The van der Waals surface area contributed by atoms with Gasteiger partial charge in [-0.15, -0.1) is 0 Å². The molecule has 0 aliphatic heterocycles. The van der Waals surface area contributed by atoms with Gasteiger partial charge in [-0.05, 0) is 24.5 Å². The number of allylic oxidation sites excluding steroid dienone is 2. The molecule has 0 heterocycles. The van der Waals surface area contributed by atoms with Gasteiger partial charge in [0.05, 0.1) is 0 Å². The van der Waals surface area contributed by atoms with Crippen molar-refractivity contribution in [1.29, 1.82) is 0 Å². The van der Waals surface area contributed by atoms with Gasteiger partial charge in [0.2, 0.25) is 0 Å². The maximum Gasteiger partial charge on any atom is 0.189 e. The maximum absolute atomic E-state index is 12.5. The Balaban J connectivity index is 2.42. The lowest BCUT2D eigenvalue weighted by Gasteiger charge is -2.10. The van der Waals surface area contributed by atoms with E-state index in [2.05, 4.69) is 19.1 Å². The zero-order chi connectivity index (χ0) is 13.7. The van der Waals surface area contributed by atoms with Gasteiger partial charge in [0.25, 0.3) is 0 Å². The third-order valence-corrected chi connectivity index (χ3v) is 3.31. The normalized spacial score (nSPS) is 11.9. The number of hydrogen-bond acceptors (Lipinski definition) is 1. The Labute approximate surface area is 114 Å². The van der Waals surface area contributed by atoms with Crippen molar-refractivity contribution in [3.63, 3.8) is 0 Å². The van der Waals surface area contributed by atoms with Crippen LogP contribution in [0.5, 0.6) is 0 Å². The molecule has 0 aliphatic carbocycles. The summed E-state index contributed by atoms with van der Waals surface area (Å²) in [5.41, 5.74) is 3.84. The van der Waals surface area contributed by atoms with Crippen LogP contribution in [-0.4, -0.2) is 5.78 Å². The lowest BCUT2D eigenvalue weighted by atomic mass is 9.93. The van der Waals surface area contributed by atoms with E-state index in [0.29, 0.717) is 0 Å². The average molecular weight is 250 g/mol. The first-order valence-corrected chi connectivity index (χ1v) is 6.59. The molecule has 0 saturated heterocycles. The minimum Gasteiger partial charge on any atom is -0.289 e. The maximum atomic E-state index is 12.5. The summed E-state index contributed by atoms with van der Waals surface area (Å²) in [6.07, 6.45) is 0.856. The predicted molar refractivity (Wildman–Crippen MR) is 80.1 cm³/mol. The molecule has 0 unspecified atom stereocenters. The number of rotatable bonds is 4. The van der Waals surface area contributed by atoms with E-state index >= 15 is 0 Å². The fourth-order valence-corrected chi connectivity index (χ4v) is 2.27. The van der Waals surface area contributed by atoms with Gasteiger partial charge in [-0.2, -0.15) is 0 Å². The number of hydrogen-bond donors (Lipinski definition) is 0. The second-order valence-corrected chi connectivity index (χ2v) is 4.52. The Kier molecular flexibility index (Phi) is 4.30. The smallest absolute Gasteiger partial charge is 0.189 e. The van der Waals surface area contributed by atoms with Crippen molar-refractivity contribution in [3.05, 3.63) is 77.4 Å². The molecule has 96 valence electrons.